The van der Waals surface area contributed by atoms with E-state index in [4.69, 9.17) is 37.4 Å². The maximum absolute atomic E-state index is 13.5. The molecule has 2 aromatic carbocycles. The van der Waals surface area contributed by atoms with Gasteiger partial charge in [0, 0.05) is 25.4 Å². The van der Waals surface area contributed by atoms with E-state index in [2.05, 4.69) is 4.98 Å². The molecule has 0 N–H and O–H groups in total. The summed E-state index contributed by atoms with van der Waals surface area (Å²) < 4.78 is 44.5. The molecule has 0 unspecified atom stereocenters. The van der Waals surface area contributed by atoms with Crippen LogP contribution in [-0.4, -0.2) is 50.5 Å². The molecule has 11 heteroatoms. The van der Waals surface area contributed by atoms with Crippen molar-refractivity contribution in [3.05, 3.63) is 82.1 Å². The summed E-state index contributed by atoms with van der Waals surface area (Å²) in [7, 11) is -0.855. The van der Waals surface area contributed by atoms with Crippen LogP contribution in [0.5, 0.6) is 11.5 Å². The molecule has 0 spiro atoms. The van der Waals surface area contributed by atoms with Crippen LogP contribution in [0.15, 0.2) is 65.8 Å². The van der Waals surface area contributed by atoms with Gasteiger partial charge in [-0.3, -0.25) is 9.78 Å². The van der Waals surface area contributed by atoms with Crippen LogP contribution in [-0.2, 0) is 26.0 Å². The van der Waals surface area contributed by atoms with Crippen molar-refractivity contribution < 1.29 is 27.4 Å². The van der Waals surface area contributed by atoms with Crippen molar-refractivity contribution >= 4 is 39.2 Å². The molecule has 0 radical (unpaired) electrons. The van der Waals surface area contributed by atoms with Gasteiger partial charge in [-0.15, -0.1) is 0 Å². The highest BCUT2D eigenvalue weighted by Crippen LogP contribution is 2.36. The minimum atomic E-state index is -3.88. The number of esters is 1. The van der Waals surface area contributed by atoms with Gasteiger partial charge < -0.3 is 14.2 Å². The van der Waals surface area contributed by atoms with Crippen LogP contribution in [0.2, 0.25) is 10.0 Å². The molecular formula is C26H26Cl2N2O6S. The highest BCUT2D eigenvalue weighted by molar-refractivity contribution is 7.89. The first-order chi connectivity index (χ1) is 17.8. The Balaban J connectivity index is 1.66. The SMILES string of the molecule is COc1ccc([C@H](Cc2c(Cl)cncc2Cl)OC(=O)[C@@H]2CCCN2S(=O)(=O)c2ccccc2)cc1OC. The number of hydrogen-bond acceptors (Lipinski definition) is 7. The number of aromatic nitrogens is 1. The van der Waals surface area contributed by atoms with Gasteiger partial charge in [0.2, 0.25) is 10.0 Å². The zero-order valence-corrected chi connectivity index (χ0v) is 22.6. The second-order valence-electron chi connectivity index (χ2n) is 8.41. The van der Waals surface area contributed by atoms with Gasteiger partial charge >= 0.3 is 5.97 Å². The van der Waals surface area contributed by atoms with Crippen molar-refractivity contribution in [3.63, 3.8) is 0 Å². The third-order valence-corrected chi connectivity index (χ3v) is 8.78. The van der Waals surface area contributed by atoms with Crippen LogP contribution in [0.25, 0.3) is 0 Å². The maximum atomic E-state index is 13.5. The van der Waals surface area contributed by atoms with E-state index in [9.17, 15) is 13.2 Å². The van der Waals surface area contributed by atoms with E-state index in [0.29, 0.717) is 45.5 Å². The Labute approximate surface area is 226 Å². The zero-order valence-electron chi connectivity index (χ0n) is 20.3. The van der Waals surface area contributed by atoms with Gasteiger partial charge in [0.1, 0.15) is 12.1 Å². The van der Waals surface area contributed by atoms with Gasteiger partial charge in [0.15, 0.2) is 11.5 Å². The molecule has 37 heavy (non-hydrogen) atoms. The zero-order chi connectivity index (χ0) is 26.6. The topological polar surface area (TPSA) is 95.0 Å². The number of methoxy groups -OCH3 is 2. The van der Waals surface area contributed by atoms with Crippen LogP contribution in [0.4, 0.5) is 0 Å². The Kier molecular flexibility index (Phi) is 8.59. The van der Waals surface area contributed by atoms with Crippen molar-refractivity contribution in [2.75, 3.05) is 20.8 Å². The molecule has 1 aliphatic rings. The Morgan fingerprint density at radius 1 is 1.05 bits per heavy atom. The summed E-state index contributed by atoms with van der Waals surface area (Å²) in [6, 6.07) is 12.2. The molecule has 1 aliphatic heterocycles. The van der Waals surface area contributed by atoms with Gasteiger partial charge in [-0.2, -0.15) is 4.31 Å². The number of pyridine rings is 1. The summed E-state index contributed by atoms with van der Waals surface area (Å²) in [6.45, 7) is 0.222. The van der Waals surface area contributed by atoms with Crippen molar-refractivity contribution in [3.8, 4) is 11.5 Å². The fraction of sp³-hybridized carbons (Fsp3) is 0.308. The Morgan fingerprint density at radius 3 is 2.38 bits per heavy atom. The molecule has 2 heterocycles. The summed E-state index contributed by atoms with van der Waals surface area (Å²) in [5.74, 6) is 0.299. The third kappa shape index (κ3) is 5.85. The van der Waals surface area contributed by atoms with Crippen molar-refractivity contribution in [2.45, 2.75) is 36.3 Å². The molecule has 1 aromatic heterocycles. The lowest BCUT2D eigenvalue weighted by Crippen LogP contribution is -2.41. The number of carbonyl (C=O) groups excluding carboxylic acids is 1. The Morgan fingerprint density at radius 2 is 1.73 bits per heavy atom. The quantitative estimate of drug-likeness (QED) is 0.334. The van der Waals surface area contributed by atoms with Crippen LogP contribution in [0.1, 0.15) is 30.1 Å². The number of sulfonamides is 1. The van der Waals surface area contributed by atoms with Crippen molar-refractivity contribution in [2.24, 2.45) is 0 Å². The van der Waals surface area contributed by atoms with E-state index in [1.807, 2.05) is 0 Å². The molecule has 2 atom stereocenters. The van der Waals surface area contributed by atoms with E-state index in [-0.39, 0.29) is 17.9 Å². The second kappa shape index (κ2) is 11.7. The molecule has 0 saturated carbocycles. The molecule has 196 valence electrons. The molecule has 4 rings (SSSR count). The Hall–Kier alpha value is -2.85. The van der Waals surface area contributed by atoms with E-state index >= 15 is 0 Å². The highest BCUT2D eigenvalue weighted by Gasteiger charge is 2.41. The largest absolute Gasteiger partial charge is 0.493 e. The van der Waals surface area contributed by atoms with Gasteiger partial charge in [-0.1, -0.05) is 47.5 Å². The third-order valence-electron chi connectivity index (χ3n) is 6.21. The Bertz CT molecular complexity index is 1350. The molecule has 3 aromatic rings. The molecule has 1 fully saturated rings. The summed E-state index contributed by atoms with van der Waals surface area (Å²) >= 11 is 12.7. The number of benzene rings is 2. The van der Waals surface area contributed by atoms with E-state index in [1.54, 1.807) is 36.4 Å². The van der Waals surface area contributed by atoms with Gasteiger partial charge in [-0.05, 0) is 48.2 Å². The van der Waals surface area contributed by atoms with Crippen LogP contribution >= 0.6 is 23.2 Å². The van der Waals surface area contributed by atoms with Gasteiger partial charge in [-0.25, -0.2) is 8.42 Å². The maximum Gasteiger partial charge on any atom is 0.325 e. The number of ether oxygens (including phenoxy) is 3. The molecule has 8 nitrogen and oxygen atoms in total. The lowest BCUT2D eigenvalue weighted by molar-refractivity contribution is -0.153. The van der Waals surface area contributed by atoms with Gasteiger partial charge in [0.25, 0.3) is 0 Å². The predicted octanol–water partition coefficient (Wildman–Crippen LogP) is 5.09. The molecule has 0 amide bonds. The first kappa shape index (κ1) is 27.2. The summed E-state index contributed by atoms with van der Waals surface area (Å²) in [5.41, 5.74) is 1.15. The molecule has 0 bridgehead atoms. The number of rotatable bonds is 9. The lowest BCUT2D eigenvalue weighted by Gasteiger charge is -2.26. The van der Waals surface area contributed by atoms with Crippen LogP contribution in [0.3, 0.4) is 0 Å². The number of nitrogens with zero attached hydrogens (tertiary/aromatic N) is 2. The minimum Gasteiger partial charge on any atom is -0.493 e. The normalized spacial score (nSPS) is 16.8. The number of hydrogen-bond donors (Lipinski definition) is 0. The summed E-state index contributed by atoms with van der Waals surface area (Å²) in [5, 5.41) is 0.645. The van der Waals surface area contributed by atoms with E-state index < -0.39 is 28.1 Å². The number of carbonyl (C=O) groups is 1. The predicted molar refractivity (Wildman–Crippen MR) is 140 cm³/mol. The van der Waals surface area contributed by atoms with E-state index in [0.717, 1.165) is 0 Å². The smallest absolute Gasteiger partial charge is 0.325 e. The average molecular weight is 565 g/mol. The first-order valence-corrected chi connectivity index (χ1v) is 13.7. The fourth-order valence-corrected chi connectivity index (χ4v) is 6.50. The second-order valence-corrected chi connectivity index (χ2v) is 11.1. The van der Waals surface area contributed by atoms with Crippen molar-refractivity contribution in [1.82, 2.24) is 9.29 Å². The van der Waals surface area contributed by atoms with Crippen LogP contribution < -0.4 is 9.47 Å². The molecule has 1 saturated heterocycles. The van der Waals surface area contributed by atoms with Crippen molar-refractivity contribution in [1.29, 1.82) is 0 Å². The minimum absolute atomic E-state index is 0.126. The summed E-state index contributed by atoms with van der Waals surface area (Å²) in [6.07, 6.45) is 3.10. The number of halogens is 2. The standard InChI is InChI=1S/C26H26Cl2N2O6S/c1-34-23-11-10-17(13-25(23)35-2)24(14-19-20(27)15-29-16-21(19)28)36-26(31)22-9-6-12-30(22)37(32,33)18-7-4-3-5-8-18/h3-5,7-8,10-11,13,15-16,22,24H,6,9,12,14H2,1-2H3/t22-,24-/m0/s1. The van der Waals surface area contributed by atoms with Gasteiger partial charge in [0.05, 0.1) is 29.2 Å². The first-order valence-electron chi connectivity index (χ1n) is 11.5. The highest BCUT2D eigenvalue weighted by atomic mass is 35.5. The summed E-state index contributed by atoms with van der Waals surface area (Å²) in [4.78, 5) is 17.6. The fourth-order valence-electron chi connectivity index (χ4n) is 4.31. The molecular weight excluding hydrogens is 539 g/mol. The van der Waals surface area contributed by atoms with E-state index in [1.165, 1.54) is 43.1 Å². The van der Waals surface area contributed by atoms with Crippen LogP contribution in [0, 0.1) is 0 Å². The molecule has 0 aliphatic carbocycles. The monoisotopic (exact) mass is 564 g/mol. The average Bonchev–Trinajstić information content (AvgIpc) is 3.41. The lowest BCUT2D eigenvalue weighted by atomic mass is 10.0.